The highest BCUT2D eigenvalue weighted by Gasteiger charge is 2.73. The lowest BCUT2D eigenvalue weighted by Gasteiger charge is -2.31. The largest absolute Gasteiger partial charge is 0.435 e. The van der Waals surface area contributed by atoms with E-state index in [2.05, 4.69) is 0 Å². The molecule has 0 saturated heterocycles. The van der Waals surface area contributed by atoms with Crippen LogP contribution in [0.25, 0.3) is 0 Å². The molecule has 0 radical (unpaired) electrons. The maximum absolute atomic E-state index is 13.9. The third-order valence-corrected chi connectivity index (χ3v) is 3.05. The molecular formula is C13H13F7. The molecule has 0 N–H and O–H groups in total. The molecule has 0 amide bonds. The van der Waals surface area contributed by atoms with E-state index in [-0.39, 0.29) is 24.0 Å². The van der Waals surface area contributed by atoms with Gasteiger partial charge in [-0.15, -0.1) is 0 Å². The lowest BCUT2D eigenvalue weighted by atomic mass is 9.90. The molecule has 7 heteroatoms. The Morgan fingerprint density at radius 1 is 0.700 bits per heavy atom. The molecule has 0 nitrogen and oxygen atoms in total. The van der Waals surface area contributed by atoms with E-state index in [1.165, 1.54) is 6.07 Å². The van der Waals surface area contributed by atoms with Crippen LogP contribution in [-0.4, -0.2) is 12.4 Å². The summed E-state index contributed by atoms with van der Waals surface area (Å²) in [5.41, 5.74) is -6.30. The summed E-state index contributed by atoms with van der Waals surface area (Å²) in [6.45, 7) is 3.14. The Labute approximate surface area is 111 Å². The van der Waals surface area contributed by atoms with Gasteiger partial charge in [-0.25, -0.2) is 4.39 Å². The molecule has 0 unspecified atom stereocenters. The first-order chi connectivity index (χ1) is 8.97. The fraction of sp³-hybridized carbons (Fsp3) is 0.538. The van der Waals surface area contributed by atoms with Crippen molar-refractivity contribution in [1.29, 1.82) is 0 Å². The maximum Gasteiger partial charge on any atom is 0.435 e. The Bertz CT molecular complexity index is 434. The summed E-state index contributed by atoms with van der Waals surface area (Å²) < 4.78 is 89.9. The minimum absolute atomic E-state index is 0.215. The number of rotatable bonds is 3. The van der Waals surface area contributed by atoms with Gasteiger partial charge < -0.3 is 0 Å². The van der Waals surface area contributed by atoms with Gasteiger partial charge in [-0.05, 0) is 24.0 Å². The smallest absolute Gasteiger partial charge is 0.218 e. The molecule has 20 heavy (non-hydrogen) atoms. The Hall–Kier alpha value is -1.27. The maximum atomic E-state index is 13.9. The van der Waals surface area contributed by atoms with Crippen LogP contribution in [0.3, 0.4) is 0 Å². The first kappa shape index (κ1) is 16.8. The molecule has 0 aliphatic heterocycles. The van der Waals surface area contributed by atoms with Crippen molar-refractivity contribution < 1.29 is 30.7 Å². The molecule has 0 aliphatic rings. The second-order valence-electron chi connectivity index (χ2n) is 4.40. The number of halogens is 7. The van der Waals surface area contributed by atoms with Crippen LogP contribution in [0.2, 0.25) is 0 Å². The molecule has 1 rings (SSSR count). The highest BCUT2D eigenvalue weighted by molar-refractivity contribution is 5.36. The van der Waals surface area contributed by atoms with Gasteiger partial charge >= 0.3 is 18.0 Å². The molecule has 0 fully saturated rings. The van der Waals surface area contributed by atoms with Crippen molar-refractivity contribution in [3.8, 4) is 0 Å². The van der Waals surface area contributed by atoms with E-state index in [9.17, 15) is 30.7 Å². The molecule has 1 aromatic carbocycles. The van der Waals surface area contributed by atoms with Gasteiger partial charge in [-0.3, -0.25) is 0 Å². The third-order valence-electron chi connectivity index (χ3n) is 3.05. The Kier molecular flexibility index (Phi) is 4.41. The predicted molar refractivity (Wildman–Crippen MR) is 60.1 cm³/mol. The first-order valence-corrected chi connectivity index (χ1v) is 5.93. The van der Waals surface area contributed by atoms with Crippen molar-refractivity contribution in [2.45, 2.75) is 44.7 Å². The molecule has 1 aromatic rings. The number of aryl methyl sites for hydroxylation is 2. The Balaban J connectivity index is 3.58. The number of benzene rings is 1. The van der Waals surface area contributed by atoms with Crippen LogP contribution in [0.15, 0.2) is 18.2 Å². The van der Waals surface area contributed by atoms with Gasteiger partial charge in [0.05, 0.1) is 0 Å². The van der Waals surface area contributed by atoms with Crippen LogP contribution >= 0.6 is 0 Å². The summed E-state index contributed by atoms with van der Waals surface area (Å²) >= 11 is 0. The van der Waals surface area contributed by atoms with Gasteiger partial charge in [0.2, 0.25) is 0 Å². The van der Waals surface area contributed by atoms with Crippen molar-refractivity contribution >= 4 is 0 Å². The van der Waals surface area contributed by atoms with Gasteiger partial charge in [-0.2, -0.15) is 26.3 Å². The van der Waals surface area contributed by atoms with E-state index in [1.807, 2.05) is 0 Å². The molecule has 0 bridgehead atoms. The minimum atomic E-state index is -6.07. The van der Waals surface area contributed by atoms with Crippen LogP contribution in [-0.2, 0) is 18.5 Å². The third kappa shape index (κ3) is 2.76. The highest BCUT2D eigenvalue weighted by atomic mass is 19.4. The Morgan fingerprint density at radius 3 is 1.30 bits per heavy atom. The average Bonchev–Trinajstić information content (AvgIpc) is 2.34. The lowest BCUT2D eigenvalue weighted by Crippen LogP contribution is -2.50. The fourth-order valence-electron chi connectivity index (χ4n) is 1.86. The standard InChI is InChI=1S/C13H13F7/c1-3-8-5-9(4-2)7-10(6-8)11(14,12(15,16)17)13(18,19)20/h5-7H,3-4H2,1-2H3. The van der Waals surface area contributed by atoms with Crippen LogP contribution < -0.4 is 0 Å². The summed E-state index contributed by atoms with van der Waals surface area (Å²) in [5, 5.41) is 0. The van der Waals surface area contributed by atoms with Crippen molar-refractivity contribution in [2.24, 2.45) is 0 Å². The van der Waals surface area contributed by atoms with E-state index in [0.717, 1.165) is 0 Å². The molecular weight excluding hydrogens is 289 g/mol. The van der Waals surface area contributed by atoms with E-state index in [4.69, 9.17) is 0 Å². The molecule has 0 atom stereocenters. The second kappa shape index (κ2) is 5.26. The normalized spacial score (nSPS) is 13.7. The van der Waals surface area contributed by atoms with Gasteiger partial charge in [0, 0.05) is 5.56 Å². The molecule has 0 saturated carbocycles. The van der Waals surface area contributed by atoms with Gasteiger partial charge in [0.15, 0.2) is 0 Å². The minimum Gasteiger partial charge on any atom is -0.218 e. The first-order valence-electron chi connectivity index (χ1n) is 5.93. The molecule has 114 valence electrons. The second-order valence-corrected chi connectivity index (χ2v) is 4.40. The SMILES string of the molecule is CCc1cc(CC)cc(C(F)(C(F)(F)F)C(F)(F)F)c1. The van der Waals surface area contributed by atoms with Crippen LogP contribution in [0.5, 0.6) is 0 Å². The molecule has 0 aromatic heterocycles. The summed E-state index contributed by atoms with van der Waals surface area (Å²) in [4.78, 5) is 0. The van der Waals surface area contributed by atoms with Crippen LogP contribution in [0, 0.1) is 0 Å². The number of hydrogen-bond donors (Lipinski definition) is 0. The molecule has 0 heterocycles. The van der Waals surface area contributed by atoms with Gasteiger partial charge in [0.1, 0.15) is 0 Å². The van der Waals surface area contributed by atoms with E-state index in [0.29, 0.717) is 12.1 Å². The highest BCUT2D eigenvalue weighted by Crippen LogP contribution is 2.53. The average molecular weight is 302 g/mol. The van der Waals surface area contributed by atoms with Gasteiger partial charge in [0.25, 0.3) is 0 Å². The summed E-state index contributed by atoms with van der Waals surface area (Å²) in [5.74, 6) is 0. The van der Waals surface area contributed by atoms with E-state index >= 15 is 0 Å². The van der Waals surface area contributed by atoms with Crippen LogP contribution in [0.1, 0.15) is 30.5 Å². The van der Waals surface area contributed by atoms with E-state index in [1.54, 1.807) is 13.8 Å². The lowest BCUT2D eigenvalue weighted by molar-refractivity contribution is -0.348. The zero-order chi connectivity index (χ0) is 15.8. The summed E-state index contributed by atoms with van der Waals surface area (Å²) in [6, 6.07) is 2.72. The quantitative estimate of drug-likeness (QED) is 0.681. The van der Waals surface area contributed by atoms with Crippen molar-refractivity contribution in [3.05, 3.63) is 34.9 Å². The van der Waals surface area contributed by atoms with Gasteiger partial charge in [-0.1, -0.05) is 32.0 Å². The Morgan fingerprint density at radius 2 is 1.05 bits per heavy atom. The zero-order valence-electron chi connectivity index (χ0n) is 10.8. The zero-order valence-corrected chi connectivity index (χ0v) is 10.8. The number of hydrogen-bond acceptors (Lipinski definition) is 0. The fourth-order valence-corrected chi connectivity index (χ4v) is 1.86. The van der Waals surface area contributed by atoms with Crippen molar-refractivity contribution in [3.63, 3.8) is 0 Å². The predicted octanol–water partition coefficient (Wildman–Crippen LogP) is 5.10. The topological polar surface area (TPSA) is 0 Å². The van der Waals surface area contributed by atoms with Crippen molar-refractivity contribution in [1.82, 2.24) is 0 Å². The summed E-state index contributed by atoms with van der Waals surface area (Å²) in [7, 11) is 0. The monoisotopic (exact) mass is 302 g/mol. The van der Waals surface area contributed by atoms with Crippen LogP contribution in [0.4, 0.5) is 30.7 Å². The molecule has 0 aliphatic carbocycles. The number of alkyl halides is 7. The summed E-state index contributed by atoms with van der Waals surface area (Å²) in [6.07, 6.45) is -11.7. The van der Waals surface area contributed by atoms with Crippen molar-refractivity contribution in [2.75, 3.05) is 0 Å². The van der Waals surface area contributed by atoms with E-state index < -0.39 is 23.6 Å². The molecule has 0 spiro atoms.